The van der Waals surface area contributed by atoms with Crippen molar-refractivity contribution in [3.8, 4) is 0 Å². The lowest BCUT2D eigenvalue weighted by Crippen LogP contribution is -2.39. The number of hydrogen-bond donors (Lipinski definition) is 1. The Bertz CT molecular complexity index is 983. The number of hydrogen-bond acceptors (Lipinski definition) is 4. The molecule has 1 unspecified atom stereocenters. The molecule has 0 saturated heterocycles. The van der Waals surface area contributed by atoms with Gasteiger partial charge in [-0.2, -0.15) is 15.4 Å². The number of carbonyl (C=O) groups is 1. The Labute approximate surface area is 156 Å². The molecule has 0 radical (unpaired) electrons. The van der Waals surface area contributed by atoms with E-state index >= 15 is 0 Å². The first-order chi connectivity index (χ1) is 13.0. The topological polar surface area (TPSA) is 74.8 Å². The number of nitrogens with zero attached hydrogens (tertiary/aromatic N) is 4. The highest BCUT2D eigenvalue weighted by atomic mass is 19.1. The van der Waals surface area contributed by atoms with Gasteiger partial charge in [-0.1, -0.05) is 19.9 Å². The second kappa shape index (κ2) is 7.06. The van der Waals surface area contributed by atoms with Crippen LogP contribution >= 0.6 is 0 Å². The van der Waals surface area contributed by atoms with Gasteiger partial charge >= 0.3 is 0 Å². The highest BCUT2D eigenvalue weighted by Gasteiger charge is 2.32. The fourth-order valence-electron chi connectivity index (χ4n) is 3.87. The number of amides is 1. The first-order valence-corrected chi connectivity index (χ1v) is 9.29. The number of rotatable bonds is 4. The van der Waals surface area contributed by atoms with Crippen molar-refractivity contribution < 1.29 is 9.18 Å². The number of benzene rings is 1. The van der Waals surface area contributed by atoms with E-state index in [0.29, 0.717) is 17.6 Å². The minimum absolute atomic E-state index is 0.116. The van der Waals surface area contributed by atoms with Crippen LogP contribution in [-0.4, -0.2) is 37.7 Å². The van der Waals surface area contributed by atoms with Gasteiger partial charge in [0.25, 0.3) is 5.91 Å². The molecule has 1 aliphatic carbocycles. The van der Waals surface area contributed by atoms with Crippen molar-refractivity contribution in [1.29, 1.82) is 0 Å². The first kappa shape index (κ1) is 17.6. The molecule has 1 aliphatic rings. The Morgan fingerprint density at radius 1 is 1.37 bits per heavy atom. The van der Waals surface area contributed by atoms with Crippen LogP contribution in [0.3, 0.4) is 0 Å². The molecule has 140 valence electrons. The zero-order chi connectivity index (χ0) is 19.0. The summed E-state index contributed by atoms with van der Waals surface area (Å²) in [5.74, 6) is -0.457. The molecule has 0 spiro atoms. The molecule has 2 aromatic heterocycles. The van der Waals surface area contributed by atoms with E-state index in [-0.39, 0.29) is 23.4 Å². The lowest BCUT2D eigenvalue weighted by molar-refractivity contribution is 0.0624. The van der Waals surface area contributed by atoms with Gasteiger partial charge in [-0.3, -0.25) is 9.78 Å². The monoisotopic (exact) mass is 367 g/mol. The van der Waals surface area contributed by atoms with Crippen molar-refractivity contribution in [2.24, 2.45) is 5.92 Å². The van der Waals surface area contributed by atoms with E-state index in [9.17, 15) is 9.18 Å². The number of aromatic nitrogens is 4. The molecule has 1 N–H and O–H groups in total. The summed E-state index contributed by atoms with van der Waals surface area (Å²) in [4.78, 5) is 19.9. The summed E-state index contributed by atoms with van der Waals surface area (Å²) in [7, 11) is 0. The van der Waals surface area contributed by atoms with Gasteiger partial charge < -0.3 is 4.90 Å². The van der Waals surface area contributed by atoms with Crippen LogP contribution < -0.4 is 0 Å². The minimum atomic E-state index is -0.494. The predicted octanol–water partition coefficient (Wildman–Crippen LogP) is 3.67. The van der Waals surface area contributed by atoms with Gasteiger partial charge in [-0.05, 0) is 42.9 Å². The van der Waals surface area contributed by atoms with Crippen LogP contribution in [0, 0.1) is 11.7 Å². The quantitative estimate of drug-likeness (QED) is 0.763. The molecular weight excluding hydrogens is 345 g/mol. The summed E-state index contributed by atoms with van der Waals surface area (Å²) >= 11 is 0. The van der Waals surface area contributed by atoms with Crippen LogP contribution in [0.15, 0.2) is 30.5 Å². The molecule has 0 bridgehead atoms. The van der Waals surface area contributed by atoms with Crippen molar-refractivity contribution in [2.45, 2.75) is 39.2 Å². The van der Waals surface area contributed by atoms with Crippen molar-refractivity contribution in [3.05, 3.63) is 53.1 Å². The maximum Gasteiger partial charge on any atom is 0.256 e. The Morgan fingerprint density at radius 3 is 3.04 bits per heavy atom. The number of carbonyl (C=O) groups excluding carboxylic acids is 1. The van der Waals surface area contributed by atoms with E-state index in [1.54, 1.807) is 6.20 Å². The van der Waals surface area contributed by atoms with Gasteiger partial charge in [0.05, 0.1) is 17.3 Å². The van der Waals surface area contributed by atoms with E-state index in [4.69, 9.17) is 0 Å². The van der Waals surface area contributed by atoms with E-state index in [1.165, 1.54) is 17.7 Å². The Hall–Kier alpha value is -2.83. The summed E-state index contributed by atoms with van der Waals surface area (Å²) in [6, 6.07) is 6.42. The largest absolute Gasteiger partial charge is 0.330 e. The SMILES string of the molecule is CC(C)CN(C(=O)c1cc(F)cc2n[nH]nc12)C1CCCc2cccnc21. The highest BCUT2D eigenvalue weighted by Crippen LogP contribution is 2.34. The summed E-state index contributed by atoms with van der Waals surface area (Å²) in [6.45, 7) is 4.70. The number of pyridine rings is 1. The third kappa shape index (κ3) is 3.29. The molecule has 1 aromatic carbocycles. The summed E-state index contributed by atoms with van der Waals surface area (Å²) < 4.78 is 14.1. The number of aryl methyl sites for hydroxylation is 1. The average molecular weight is 367 g/mol. The number of fused-ring (bicyclic) bond motifs is 2. The van der Waals surface area contributed by atoms with Gasteiger partial charge in [-0.25, -0.2) is 4.39 Å². The zero-order valence-corrected chi connectivity index (χ0v) is 15.4. The molecule has 7 heteroatoms. The van der Waals surface area contributed by atoms with Crippen LogP contribution in [0.5, 0.6) is 0 Å². The summed E-state index contributed by atoms with van der Waals surface area (Å²) in [5, 5.41) is 10.5. The third-order valence-electron chi connectivity index (χ3n) is 4.98. The van der Waals surface area contributed by atoms with Crippen LogP contribution in [0.4, 0.5) is 4.39 Å². The molecule has 0 aliphatic heterocycles. The zero-order valence-electron chi connectivity index (χ0n) is 15.4. The second-order valence-electron chi connectivity index (χ2n) is 7.45. The van der Waals surface area contributed by atoms with E-state index in [1.807, 2.05) is 11.0 Å². The molecule has 27 heavy (non-hydrogen) atoms. The average Bonchev–Trinajstić information content (AvgIpc) is 3.12. The van der Waals surface area contributed by atoms with E-state index in [2.05, 4.69) is 40.3 Å². The maximum atomic E-state index is 14.1. The summed E-state index contributed by atoms with van der Waals surface area (Å²) in [5.41, 5.74) is 3.12. The standard InChI is InChI=1S/C20H22FN5O/c1-12(2)11-26(17-7-3-5-13-6-4-8-22-18(13)17)20(27)15-9-14(21)10-16-19(15)24-25-23-16/h4,6,8-10,12,17H,3,5,7,11H2,1-2H3,(H,23,24,25). The van der Waals surface area contributed by atoms with Gasteiger partial charge in [0.1, 0.15) is 16.9 Å². The van der Waals surface area contributed by atoms with Gasteiger partial charge in [-0.15, -0.1) is 0 Å². The van der Waals surface area contributed by atoms with Crippen molar-refractivity contribution in [2.75, 3.05) is 6.54 Å². The Kier molecular flexibility index (Phi) is 4.59. The predicted molar refractivity (Wildman–Crippen MR) is 99.6 cm³/mol. The molecular formula is C20H22FN5O. The lowest BCUT2D eigenvalue weighted by atomic mass is 9.90. The molecule has 2 heterocycles. The van der Waals surface area contributed by atoms with Crippen LogP contribution in [0.25, 0.3) is 11.0 Å². The number of halogens is 1. The Balaban J connectivity index is 1.79. The fourth-order valence-corrected chi connectivity index (χ4v) is 3.87. The highest BCUT2D eigenvalue weighted by molar-refractivity contribution is 6.04. The molecule has 0 saturated carbocycles. The van der Waals surface area contributed by atoms with Gasteiger partial charge in [0, 0.05) is 18.8 Å². The molecule has 3 aromatic rings. The molecule has 4 rings (SSSR count). The Morgan fingerprint density at radius 2 is 2.22 bits per heavy atom. The third-order valence-corrected chi connectivity index (χ3v) is 4.98. The van der Waals surface area contributed by atoms with Crippen molar-refractivity contribution in [3.63, 3.8) is 0 Å². The maximum absolute atomic E-state index is 14.1. The number of aromatic amines is 1. The second-order valence-corrected chi connectivity index (χ2v) is 7.45. The summed E-state index contributed by atoms with van der Waals surface area (Å²) in [6.07, 6.45) is 4.58. The smallest absolute Gasteiger partial charge is 0.256 e. The van der Waals surface area contributed by atoms with Crippen molar-refractivity contribution >= 4 is 16.9 Å². The molecule has 6 nitrogen and oxygen atoms in total. The first-order valence-electron chi connectivity index (χ1n) is 9.29. The minimum Gasteiger partial charge on any atom is -0.330 e. The van der Waals surface area contributed by atoms with E-state index < -0.39 is 5.82 Å². The number of H-pyrrole nitrogens is 1. The molecule has 0 fully saturated rings. The van der Waals surface area contributed by atoms with Crippen LogP contribution in [0.2, 0.25) is 0 Å². The van der Waals surface area contributed by atoms with Crippen LogP contribution in [0.1, 0.15) is 54.3 Å². The van der Waals surface area contributed by atoms with Crippen molar-refractivity contribution in [1.82, 2.24) is 25.3 Å². The number of nitrogens with one attached hydrogen (secondary N) is 1. The van der Waals surface area contributed by atoms with E-state index in [0.717, 1.165) is 25.0 Å². The van der Waals surface area contributed by atoms with Gasteiger partial charge in [0.2, 0.25) is 0 Å². The lowest BCUT2D eigenvalue weighted by Gasteiger charge is -2.36. The fraction of sp³-hybridized carbons (Fsp3) is 0.400. The normalized spacial score (nSPS) is 16.5. The molecule has 1 atom stereocenters. The molecule has 1 amide bonds. The van der Waals surface area contributed by atoms with Crippen LogP contribution in [-0.2, 0) is 6.42 Å². The van der Waals surface area contributed by atoms with Gasteiger partial charge in [0.15, 0.2) is 0 Å².